The third-order valence-electron chi connectivity index (χ3n) is 3.84. The number of nitrogens with one attached hydrogen (secondary N) is 1. The molecular formula is C15H31NO2. The minimum absolute atomic E-state index is 0.318. The molecule has 0 aromatic carbocycles. The molecule has 18 heavy (non-hydrogen) atoms. The van der Waals surface area contributed by atoms with Crippen molar-refractivity contribution in [3.05, 3.63) is 0 Å². The summed E-state index contributed by atoms with van der Waals surface area (Å²) >= 11 is 0. The van der Waals surface area contributed by atoms with Gasteiger partial charge in [0.25, 0.3) is 0 Å². The second kappa shape index (κ2) is 8.13. The zero-order chi connectivity index (χ0) is 13.4. The fourth-order valence-corrected chi connectivity index (χ4v) is 2.53. The highest BCUT2D eigenvalue weighted by Crippen LogP contribution is 2.36. The summed E-state index contributed by atoms with van der Waals surface area (Å²) in [5, 5.41) is 3.42. The lowest BCUT2D eigenvalue weighted by atomic mass is 9.76. The van der Waals surface area contributed by atoms with E-state index in [9.17, 15) is 0 Å². The topological polar surface area (TPSA) is 30.5 Å². The van der Waals surface area contributed by atoms with Crippen LogP contribution in [0.1, 0.15) is 52.9 Å². The van der Waals surface area contributed by atoms with Crippen LogP contribution in [0, 0.1) is 5.41 Å². The Morgan fingerprint density at radius 3 is 2.56 bits per heavy atom. The molecular weight excluding hydrogens is 226 g/mol. The molecule has 0 amide bonds. The van der Waals surface area contributed by atoms with Gasteiger partial charge in [-0.3, -0.25) is 0 Å². The monoisotopic (exact) mass is 257 g/mol. The smallest absolute Gasteiger partial charge is 0.0675 e. The van der Waals surface area contributed by atoms with Gasteiger partial charge < -0.3 is 14.8 Å². The van der Waals surface area contributed by atoms with Crippen LogP contribution in [0.5, 0.6) is 0 Å². The van der Waals surface area contributed by atoms with Crippen LogP contribution >= 0.6 is 0 Å². The summed E-state index contributed by atoms with van der Waals surface area (Å²) in [5.74, 6) is 0. The van der Waals surface area contributed by atoms with Gasteiger partial charge in [0.2, 0.25) is 0 Å². The zero-order valence-corrected chi connectivity index (χ0v) is 12.6. The summed E-state index contributed by atoms with van der Waals surface area (Å²) in [6.45, 7) is 9.69. The fourth-order valence-electron chi connectivity index (χ4n) is 2.53. The Labute approximate surface area is 113 Å². The molecule has 0 radical (unpaired) electrons. The van der Waals surface area contributed by atoms with Gasteiger partial charge in [-0.25, -0.2) is 0 Å². The molecule has 3 heteroatoms. The van der Waals surface area contributed by atoms with E-state index in [0.717, 1.165) is 26.1 Å². The van der Waals surface area contributed by atoms with Gasteiger partial charge in [-0.15, -0.1) is 0 Å². The number of hydrogen-bond donors (Lipinski definition) is 1. The van der Waals surface area contributed by atoms with Crippen LogP contribution in [0.3, 0.4) is 0 Å². The van der Waals surface area contributed by atoms with Gasteiger partial charge in [0.05, 0.1) is 12.2 Å². The molecule has 1 aliphatic carbocycles. The van der Waals surface area contributed by atoms with Crippen molar-refractivity contribution in [1.29, 1.82) is 0 Å². The quantitative estimate of drug-likeness (QED) is 0.678. The Morgan fingerprint density at radius 2 is 1.94 bits per heavy atom. The average molecular weight is 257 g/mol. The molecule has 1 N–H and O–H groups in total. The van der Waals surface area contributed by atoms with Crippen LogP contribution in [0.15, 0.2) is 0 Å². The third-order valence-corrected chi connectivity index (χ3v) is 3.84. The molecule has 108 valence electrons. The largest absolute Gasteiger partial charge is 0.385 e. The van der Waals surface area contributed by atoms with Crippen molar-refractivity contribution in [3.8, 4) is 0 Å². The summed E-state index contributed by atoms with van der Waals surface area (Å²) < 4.78 is 11.1. The Bertz CT molecular complexity index is 209. The van der Waals surface area contributed by atoms with E-state index >= 15 is 0 Å². The van der Waals surface area contributed by atoms with Gasteiger partial charge in [-0.1, -0.05) is 13.8 Å². The average Bonchev–Trinajstić information content (AvgIpc) is 2.32. The van der Waals surface area contributed by atoms with Crippen LogP contribution in [0.2, 0.25) is 0 Å². The number of hydrogen-bond acceptors (Lipinski definition) is 3. The number of ether oxygens (including phenoxy) is 2. The highest BCUT2D eigenvalue weighted by molar-refractivity contribution is 4.79. The first-order chi connectivity index (χ1) is 8.53. The molecule has 1 fully saturated rings. The van der Waals surface area contributed by atoms with Crippen molar-refractivity contribution < 1.29 is 9.47 Å². The standard InChI is InChI=1S/C15H31NO2/c1-13(12-16-10-5-11-17-4)18-14-6-8-15(2,3)9-7-14/h13-14,16H,5-12H2,1-4H3. The van der Waals surface area contributed by atoms with Crippen LogP contribution in [0.4, 0.5) is 0 Å². The number of methoxy groups -OCH3 is 1. The van der Waals surface area contributed by atoms with Crippen LogP contribution < -0.4 is 5.32 Å². The fraction of sp³-hybridized carbons (Fsp3) is 1.00. The third kappa shape index (κ3) is 6.72. The van der Waals surface area contributed by atoms with Crippen molar-refractivity contribution >= 4 is 0 Å². The Balaban J connectivity index is 2.04. The molecule has 0 saturated heterocycles. The second-order valence-corrected chi connectivity index (χ2v) is 6.36. The molecule has 0 aromatic rings. The van der Waals surface area contributed by atoms with E-state index < -0.39 is 0 Å². The second-order valence-electron chi connectivity index (χ2n) is 6.36. The predicted molar refractivity (Wildman–Crippen MR) is 75.9 cm³/mol. The van der Waals surface area contributed by atoms with E-state index in [2.05, 4.69) is 26.1 Å². The maximum absolute atomic E-state index is 6.10. The minimum Gasteiger partial charge on any atom is -0.385 e. The zero-order valence-electron chi connectivity index (χ0n) is 12.6. The first kappa shape index (κ1) is 15.9. The lowest BCUT2D eigenvalue weighted by Crippen LogP contribution is -2.34. The summed E-state index contributed by atoms with van der Waals surface area (Å²) in [6.07, 6.45) is 6.91. The van der Waals surface area contributed by atoms with Gasteiger partial charge in [-0.05, 0) is 51.0 Å². The SMILES string of the molecule is COCCCNCC(C)OC1CCC(C)(C)CC1. The molecule has 0 heterocycles. The Hall–Kier alpha value is -0.120. The Morgan fingerprint density at radius 1 is 1.28 bits per heavy atom. The molecule has 0 spiro atoms. The van der Waals surface area contributed by atoms with E-state index in [4.69, 9.17) is 9.47 Å². The van der Waals surface area contributed by atoms with Gasteiger partial charge in [0, 0.05) is 20.3 Å². The molecule has 3 nitrogen and oxygen atoms in total. The molecule has 1 rings (SSSR count). The van der Waals surface area contributed by atoms with Gasteiger partial charge in [0.15, 0.2) is 0 Å². The van der Waals surface area contributed by atoms with Crippen molar-refractivity contribution in [1.82, 2.24) is 5.32 Å². The molecule has 0 aliphatic heterocycles. The van der Waals surface area contributed by atoms with Crippen molar-refractivity contribution in [2.75, 3.05) is 26.8 Å². The van der Waals surface area contributed by atoms with Gasteiger partial charge in [-0.2, -0.15) is 0 Å². The first-order valence-electron chi connectivity index (χ1n) is 7.38. The molecule has 1 aliphatic rings. The van der Waals surface area contributed by atoms with Crippen molar-refractivity contribution in [2.24, 2.45) is 5.41 Å². The highest BCUT2D eigenvalue weighted by atomic mass is 16.5. The van der Waals surface area contributed by atoms with Crippen molar-refractivity contribution in [3.63, 3.8) is 0 Å². The van der Waals surface area contributed by atoms with Gasteiger partial charge >= 0.3 is 0 Å². The van der Waals surface area contributed by atoms with Gasteiger partial charge in [0.1, 0.15) is 0 Å². The van der Waals surface area contributed by atoms with Crippen LogP contribution in [0.25, 0.3) is 0 Å². The first-order valence-corrected chi connectivity index (χ1v) is 7.38. The summed E-state index contributed by atoms with van der Waals surface area (Å²) in [5.41, 5.74) is 0.529. The summed E-state index contributed by atoms with van der Waals surface area (Å²) in [7, 11) is 1.75. The Kier molecular flexibility index (Phi) is 7.20. The lowest BCUT2D eigenvalue weighted by Gasteiger charge is -2.35. The number of rotatable bonds is 8. The van der Waals surface area contributed by atoms with E-state index in [1.54, 1.807) is 7.11 Å². The minimum atomic E-state index is 0.318. The van der Waals surface area contributed by atoms with Crippen LogP contribution in [-0.2, 0) is 9.47 Å². The summed E-state index contributed by atoms with van der Waals surface area (Å²) in [4.78, 5) is 0. The van der Waals surface area contributed by atoms with Crippen LogP contribution in [-0.4, -0.2) is 39.0 Å². The summed E-state index contributed by atoms with van der Waals surface area (Å²) in [6, 6.07) is 0. The van der Waals surface area contributed by atoms with E-state index in [1.165, 1.54) is 25.7 Å². The molecule has 1 saturated carbocycles. The van der Waals surface area contributed by atoms with E-state index in [1.807, 2.05) is 0 Å². The molecule has 1 atom stereocenters. The lowest BCUT2D eigenvalue weighted by molar-refractivity contribution is -0.0364. The van der Waals surface area contributed by atoms with E-state index in [0.29, 0.717) is 17.6 Å². The molecule has 0 bridgehead atoms. The normalized spacial score (nSPS) is 22.0. The highest BCUT2D eigenvalue weighted by Gasteiger charge is 2.27. The van der Waals surface area contributed by atoms with Crippen molar-refractivity contribution in [2.45, 2.75) is 65.1 Å². The maximum atomic E-state index is 6.10. The maximum Gasteiger partial charge on any atom is 0.0675 e. The van der Waals surface area contributed by atoms with E-state index in [-0.39, 0.29) is 0 Å². The molecule has 0 aromatic heterocycles. The molecule has 1 unspecified atom stereocenters. The predicted octanol–water partition coefficient (Wildman–Crippen LogP) is 2.99.